The molecule has 2 amide bonds. The first-order valence-electron chi connectivity index (χ1n) is 11.0. The molecule has 1 unspecified atom stereocenters. The van der Waals surface area contributed by atoms with Gasteiger partial charge in [0.1, 0.15) is 23.3 Å². The van der Waals surface area contributed by atoms with Gasteiger partial charge in [0.25, 0.3) is 0 Å². The van der Waals surface area contributed by atoms with Gasteiger partial charge in [-0.15, -0.1) is 10.2 Å². The molecule has 2 aliphatic heterocycles. The summed E-state index contributed by atoms with van der Waals surface area (Å²) in [6, 6.07) is 2.28. The number of benzene rings is 1. The number of anilines is 1. The van der Waals surface area contributed by atoms with Crippen LogP contribution in [0.2, 0.25) is 0 Å². The quantitative estimate of drug-likeness (QED) is 0.566. The fourth-order valence-electron chi connectivity index (χ4n) is 4.32. The summed E-state index contributed by atoms with van der Waals surface area (Å²) in [5, 5.41) is 13.3. The highest BCUT2D eigenvalue weighted by Crippen LogP contribution is 2.30. The Kier molecular flexibility index (Phi) is 5.83. The topological polar surface area (TPSA) is 95.6 Å². The van der Waals surface area contributed by atoms with Crippen molar-refractivity contribution in [1.82, 2.24) is 34.6 Å². The molecule has 0 saturated carbocycles. The van der Waals surface area contributed by atoms with E-state index in [9.17, 15) is 18.0 Å². The number of halogens is 3. The molecule has 1 atom stereocenters. The smallest absolute Gasteiger partial charge is 0.337 e. The minimum absolute atomic E-state index is 0.0603. The van der Waals surface area contributed by atoms with Gasteiger partial charge in [-0.05, 0) is 31.5 Å². The number of carbonyl (C=O) groups is 1. The van der Waals surface area contributed by atoms with E-state index in [0.717, 1.165) is 12.3 Å². The predicted molar refractivity (Wildman–Crippen MR) is 120 cm³/mol. The van der Waals surface area contributed by atoms with E-state index in [2.05, 4.69) is 25.3 Å². The average molecular weight is 485 g/mol. The number of nitrogens with zero attached hydrogens (tertiary/aromatic N) is 9. The molecular formula is C22H22F3N9O. The Morgan fingerprint density at radius 1 is 0.971 bits per heavy atom. The van der Waals surface area contributed by atoms with Crippen molar-refractivity contribution in [2.45, 2.75) is 26.3 Å². The third-order valence-corrected chi connectivity index (χ3v) is 6.04. The molecule has 5 rings (SSSR count). The molecule has 1 aromatic carbocycles. The largest absolute Gasteiger partial charge is 0.341 e. The van der Waals surface area contributed by atoms with Gasteiger partial charge in [0.15, 0.2) is 11.6 Å². The summed E-state index contributed by atoms with van der Waals surface area (Å²) in [5.41, 5.74) is 0.346. The molecule has 0 bridgehead atoms. The Bertz CT molecular complexity index is 1260. The van der Waals surface area contributed by atoms with Crippen LogP contribution in [-0.4, -0.2) is 73.1 Å². The van der Waals surface area contributed by atoms with Crippen molar-refractivity contribution in [2.24, 2.45) is 5.10 Å². The van der Waals surface area contributed by atoms with Gasteiger partial charge in [0.05, 0.1) is 12.2 Å². The van der Waals surface area contributed by atoms with E-state index in [-0.39, 0.29) is 11.8 Å². The van der Waals surface area contributed by atoms with Crippen molar-refractivity contribution in [3.05, 3.63) is 59.1 Å². The van der Waals surface area contributed by atoms with Crippen molar-refractivity contribution >= 4 is 18.2 Å². The number of hydrazone groups is 1. The van der Waals surface area contributed by atoms with Crippen LogP contribution in [0.15, 0.2) is 29.5 Å². The lowest BCUT2D eigenvalue weighted by molar-refractivity contribution is 0.139. The summed E-state index contributed by atoms with van der Waals surface area (Å²) >= 11 is 0. The van der Waals surface area contributed by atoms with Gasteiger partial charge in [0, 0.05) is 44.9 Å². The number of hydrogen-bond donors (Lipinski definition) is 0. The Hall–Kier alpha value is -4.03. The molecule has 0 spiro atoms. The standard InChI is InChI=1S/C22H22F3N9O/c1-13-29-30-14(2)33(13)20-18(25)12-26-21(28-20)31-5-7-32(8-6-31)22(35)34-19(3-4-27-34)15-9-16(23)11-17(24)10-15/h4,9-12,19H,3,5-8H2,1-2H3. The molecule has 10 nitrogen and oxygen atoms in total. The van der Waals surface area contributed by atoms with Crippen molar-refractivity contribution in [3.63, 3.8) is 0 Å². The third-order valence-electron chi connectivity index (χ3n) is 6.04. The monoisotopic (exact) mass is 485 g/mol. The number of carbonyl (C=O) groups excluding carboxylic acids is 1. The number of amides is 2. The molecule has 3 aromatic rings. The first-order chi connectivity index (χ1) is 16.8. The molecule has 0 N–H and O–H groups in total. The van der Waals surface area contributed by atoms with Gasteiger partial charge in [-0.1, -0.05) is 0 Å². The molecule has 0 aliphatic carbocycles. The number of aromatic nitrogens is 5. The van der Waals surface area contributed by atoms with Crippen LogP contribution in [0.3, 0.4) is 0 Å². The maximum absolute atomic E-state index is 14.5. The van der Waals surface area contributed by atoms with Gasteiger partial charge in [-0.2, -0.15) is 10.1 Å². The molecule has 182 valence electrons. The first-order valence-corrected chi connectivity index (χ1v) is 11.0. The molecule has 13 heteroatoms. The minimum atomic E-state index is -0.705. The molecule has 2 aliphatic rings. The Morgan fingerprint density at radius 3 is 2.29 bits per heavy atom. The highest BCUT2D eigenvalue weighted by atomic mass is 19.1. The van der Waals surface area contributed by atoms with Crippen molar-refractivity contribution in [1.29, 1.82) is 0 Å². The maximum Gasteiger partial charge on any atom is 0.341 e. The SMILES string of the molecule is Cc1nnc(C)n1-c1nc(N2CCN(C(=O)N3N=CCC3c3cc(F)cc(F)c3)CC2)ncc1F. The number of urea groups is 1. The first kappa shape index (κ1) is 22.7. The molecule has 1 saturated heterocycles. The van der Waals surface area contributed by atoms with Gasteiger partial charge in [0.2, 0.25) is 5.95 Å². The zero-order valence-electron chi connectivity index (χ0n) is 19.1. The van der Waals surface area contributed by atoms with Gasteiger partial charge in [-0.3, -0.25) is 4.57 Å². The summed E-state index contributed by atoms with van der Waals surface area (Å²) in [6.45, 7) is 4.92. The number of hydrogen-bond acceptors (Lipinski definition) is 7. The van der Waals surface area contributed by atoms with Crippen LogP contribution < -0.4 is 4.90 Å². The number of aryl methyl sites for hydroxylation is 2. The summed E-state index contributed by atoms with van der Waals surface area (Å²) in [6.07, 6.45) is 3.03. The van der Waals surface area contributed by atoms with Gasteiger partial charge < -0.3 is 9.80 Å². The van der Waals surface area contributed by atoms with E-state index in [1.165, 1.54) is 21.7 Å². The molecule has 4 heterocycles. The maximum atomic E-state index is 14.5. The predicted octanol–water partition coefficient (Wildman–Crippen LogP) is 2.77. The Labute approximate surface area is 198 Å². The fraction of sp³-hybridized carbons (Fsp3) is 0.364. The zero-order chi connectivity index (χ0) is 24.7. The van der Waals surface area contributed by atoms with Crippen molar-refractivity contribution in [2.75, 3.05) is 31.1 Å². The Morgan fingerprint density at radius 2 is 1.63 bits per heavy atom. The lowest BCUT2D eigenvalue weighted by Gasteiger charge is -2.37. The normalized spacial score (nSPS) is 18.0. The van der Waals surface area contributed by atoms with Crippen molar-refractivity contribution in [3.8, 4) is 5.82 Å². The molecular weight excluding hydrogens is 463 g/mol. The van der Waals surface area contributed by atoms with E-state index < -0.39 is 23.5 Å². The lowest BCUT2D eigenvalue weighted by Crippen LogP contribution is -2.52. The average Bonchev–Trinajstić information content (AvgIpc) is 3.45. The third kappa shape index (κ3) is 4.29. The second-order valence-electron chi connectivity index (χ2n) is 8.32. The molecule has 1 fully saturated rings. The summed E-state index contributed by atoms with van der Waals surface area (Å²) < 4.78 is 43.4. The second kappa shape index (κ2) is 8.96. The van der Waals surface area contributed by atoms with Crippen LogP contribution in [0, 0.1) is 31.3 Å². The molecule has 2 aromatic heterocycles. The van der Waals surface area contributed by atoms with E-state index >= 15 is 0 Å². The summed E-state index contributed by atoms with van der Waals surface area (Å²) in [5.74, 6) is -0.619. The van der Waals surface area contributed by atoms with Crippen LogP contribution in [0.1, 0.15) is 29.7 Å². The summed E-state index contributed by atoms with van der Waals surface area (Å²) in [7, 11) is 0. The minimum Gasteiger partial charge on any atom is -0.337 e. The van der Waals surface area contributed by atoms with E-state index in [0.29, 0.717) is 55.8 Å². The highest BCUT2D eigenvalue weighted by Gasteiger charge is 2.34. The molecule has 0 radical (unpaired) electrons. The second-order valence-corrected chi connectivity index (χ2v) is 8.32. The van der Waals surface area contributed by atoms with E-state index in [1.54, 1.807) is 25.0 Å². The molecule has 35 heavy (non-hydrogen) atoms. The van der Waals surface area contributed by atoms with Crippen molar-refractivity contribution < 1.29 is 18.0 Å². The van der Waals surface area contributed by atoms with Gasteiger partial charge >= 0.3 is 6.03 Å². The van der Waals surface area contributed by atoms with Crippen LogP contribution in [-0.2, 0) is 0 Å². The van der Waals surface area contributed by atoms with E-state index in [4.69, 9.17) is 0 Å². The van der Waals surface area contributed by atoms with Crippen LogP contribution >= 0.6 is 0 Å². The Balaban J connectivity index is 1.29. The fourth-order valence-corrected chi connectivity index (χ4v) is 4.32. The zero-order valence-corrected chi connectivity index (χ0v) is 19.1. The lowest BCUT2D eigenvalue weighted by atomic mass is 10.0. The highest BCUT2D eigenvalue weighted by molar-refractivity contribution is 5.78. The van der Waals surface area contributed by atoms with Crippen LogP contribution in [0.5, 0.6) is 0 Å². The van der Waals surface area contributed by atoms with Crippen LogP contribution in [0.4, 0.5) is 23.9 Å². The summed E-state index contributed by atoms with van der Waals surface area (Å²) in [4.78, 5) is 25.1. The number of piperazine rings is 1. The van der Waals surface area contributed by atoms with Crippen LogP contribution in [0.25, 0.3) is 5.82 Å². The van der Waals surface area contributed by atoms with E-state index in [1.807, 2.05) is 4.90 Å². The van der Waals surface area contributed by atoms with Gasteiger partial charge in [-0.25, -0.2) is 28.0 Å². The number of rotatable bonds is 3.